The Morgan fingerprint density at radius 1 is 1.24 bits per heavy atom. The van der Waals surface area contributed by atoms with E-state index >= 15 is 0 Å². The average molecular weight is 295 g/mol. The standard InChI is InChI=1S/C11H11BrN4O/c1-9(2)10(3)15-7(12)6(4-13)11(9,5-14)8(17)16-10/h15H,1-3H3,(H,16,17)/t10-,11+/m1/s1. The molecule has 2 rings (SSSR count). The molecule has 1 saturated heterocycles. The molecule has 0 aromatic carbocycles. The molecule has 0 radical (unpaired) electrons. The smallest absolute Gasteiger partial charge is 0.248 e. The Kier molecular flexibility index (Phi) is 2.12. The summed E-state index contributed by atoms with van der Waals surface area (Å²) in [5.74, 6) is -0.425. The average Bonchev–Trinajstić information content (AvgIpc) is 2.31. The number of nitrogens with zero attached hydrogens (tertiary/aromatic N) is 2. The second-order valence-corrected chi connectivity index (χ2v) is 5.78. The van der Waals surface area contributed by atoms with Crippen molar-refractivity contribution in [1.82, 2.24) is 10.6 Å². The van der Waals surface area contributed by atoms with E-state index < -0.39 is 22.4 Å². The van der Waals surface area contributed by atoms with Crippen LogP contribution in [0.15, 0.2) is 10.2 Å². The summed E-state index contributed by atoms with van der Waals surface area (Å²) >= 11 is 3.23. The zero-order chi connectivity index (χ0) is 13.1. The minimum Gasteiger partial charge on any atom is -0.356 e. The Hall–Kier alpha value is -1.53. The number of carbonyl (C=O) groups is 1. The summed E-state index contributed by atoms with van der Waals surface area (Å²) in [7, 11) is 0. The van der Waals surface area contributed by atoms with Gasteiger partial charge in [-0.25, -0.2) is 0 Å². The molecule has 0 aromatic heterocycles. The van der Waals surface area contributed by atoms with E-state index in [1.54, 1.807) is 20.8 Å². The van der Waals surface area contributed by atoms with Crippen LogP contribution in [0.5, 0.6) is 0 Å². The largest absolute Gasteiger partial charge is 0.356 e. The molecule has 0 spiro atoms. The van der Waals surface area contributed by atoms with Gasteiger partial charge in [0.05, 0.1) is 22.3 Å². The first-order chi connectivity index (χ1) is 7.77. The molecule has 6 heteroatoms. The van der Waals surface area contributed by atoms with Gasteiger partial charge in [-0.1, -0.05) is 13.8 Å². The lowest BCUT2D eigenvalue weighted by Crippen LogP contribution is -2.62. The van der Waals surface area contributed by atoms with Crippen molar-refractivity contribution in [1.29, 1.82) is 10.5 Å². The summed E-state index contributed by atoms with van der Waals surface area (Å²) in [6, 6.07) is 4.01. The zero-order valence-corrected chi connectivity index (χ0v) is 11.3. The monoisotopic (exact) mass is 294 g/mol. The van der Waals surface area contributed by atoms with Gasteiger partial charge in [-0.15, -0.1) is 0 Å². The van der Waals surface area contributed by atoms with Gasteiger partial charge in [0, 0.05) is 5.41 Å². The number of rotatable bonds is 0. The highest BCUT2D eigenvalue weighted by Crippen LogP contribution is 2.58. The molecule has 0 aromatic rings. The molecule has 0 unspecified atom stereocenters. The topological polar surface area (TPSA) is 88.7 Å². The van der Waals surface area contributed by atoms with Crippen LogP contribution < -0.4 is 10.6 Å². The number of fused-ring (bicyclic) bond motifs is 2. The van der Waals surface area contributed by atoms with Crippen LogP contribution in [0.4, 0.5) is 0 Å². The molecule has 0 aliphatic carbocycles. The van der Waals surface area contributed by atoms with Gasteiger partial charge >= 0.3 is 0 Å². The van der Waals surface area contributed by atoms with E-state index in [0.717, 1.165) is 0 Å². The summed E-state index contributed by atoms with van der Waals surface area (Å²) in [6.07, 6.45) is 0. The van der Waals surface area contributed by atoms with Gasteiger partial charge < -0.3 is 10.6 Å². The van der Waals surface area contributed by atoms with Gasteiger partial charge in [0.1, 0.15) is 5.66 Å². The van der Waals surface area contributed by atoms with Crippen LogP contribution in [0.3, 0.4) is 0 Å². The van der Waals surface area contributed by atoms with Gasteiger partial charge in [-0.3, -0.25) is 4.79 Å². The second kappa shape index (κ2) is 3.02. The van der Waals surface area contributed by atoms with Crippen LogP contribution in [-0.4, -0.2) is 11.6 Å². The predicted molar refractivity (Wildman–Crippen MR) is 63.1 cm³/mol. The first-order valence-electron chi connectivity index (χ1n) is 5.09. The highest BCUT2D eigenvalue weighted by atomic mass is 79.9. The molecule has 17 heavy (non-hydrogen) atoms. The molecule has 2 aliphatic heterocycles. The van der Waals surface area contributed by atoms with Gasteiger partial charge in [-0.2, -0.15) is 10.5 Å². The fraction of sp³-hybridized carbons (Fsp3) is 0.545. The minimum atomic E-state index is -1.44. The van der Waals surface area contributed by atoms with Gasteiger partial charge in [-0.05, 0) is 22.9 Å². The lowest BCUT2D eigenvalue weighted by molar-refractivity contribution is -0.125. The third kappa shape index (κ3) is 0.999. The van der Waals surface area contributed by atoms with Crippen LogP contribution in [0.2, 0.25) is 0 Å². The SMILES string of the molecule is CC1(C)[C@@]2(C)NC(=O)[C@]1(C#N)C(C#N)=C(Br)N2. The van der Waals surface area contributed by atoms with Crippen molar-refractivity contribution in [3.63, 3.8) is 0 Å². The fourth-order valence-electron chi connectivity index (χ4n) is 2.58. The number of hydrogen-bond donors (Lipinski definition) is 2. The van der Waals surface area contributed by atoms with Crippen molar-refractivity contribution < 1.29 is 4.79 Å². The number of halogens is 1. The maximum Gasteiger partial charge on any atom is 0.248 e. The maximum absolute atomic E-state index is 12.2. The molecular formula is C11H11BrN4O. The van der Waals surface area contributed by atoms with Gasteiger partial charge in [0.25, 0.3) is 0 Å². The van der Waals surface area contributed by atoms with Crippen molar-refractivity contribution in [2.24, 2.45) is 10.8 Å². The van der Waals surface area contributed by atoms with Crippen molar-refractivity contribution in [2.45, 2.75) is 26.4 Å². The van der Waals surface area contributed by atoms with E-state index in [4.69, 9.17) is 0 Å². The zero-order valence-electron chi connectivity index (χ0n) is 9.68. The maximum atomic E-state index is 12.2. The number of nitrogens with one attached hydrogen (secondary N) is 2. The summed E-state index contributed by atoms with van der Waals surface area (Å²) in [5, 5.41) is 24.5. The molecule has 2 bridgehead atoms. The van der Waals surface area contributed by atoms with E-state index in [1.807, 2.05) is 12.1 Å². The van der Waals surface area contributed by atoms with Crippen molar-refractivity contribution >= 4 is 21.8 Å². The third-order valence-electron chi connectivity index (χ3n) is 4.13. The quantitative estimate of drug-likeness (QED) is 0.655. The number of carbonyl (C=O) groups excluding carboxylic acids is 1. The molecule has 2 aliphatic rings. The Morgan fingerprint density at radius 2 is 1.82 bits per heavy atom. The molecule has 5 nitrogen and oxygen atoms in total. The van der Waals surface area contributed by atoms with Crippen molar-refractivity contribution in [3.05, 3.63) is 10.2 Å². The molecule has 1 fully saturated rings. The molecule has 88 valence electrons. The number of hydrogen-bond acceptors (Lipinski definition) is 4. The molecular weight excluding hydrogens is 284 g/mol. The van der Waals surface area contributed by atoms with E-state index in [9.17, 15) is 15.3 Å². The van der Waals surface area contributed by atoms with E-state index in [2.05, 4.69) is 26.6 Å². The molecule has 2 N–H and O–H groups in total. The lowest BCUT2D eigenvalue weighted by atomic mass is 9.58. The Balaban J connectivity index is 2.87. The van der Waals surface area contributed by atoms with Gasteiger partial charge in [0.15, 0.2) is 5.41 Å². The fourth-order valence-corrected chi connectivity index (χ4v) is 3.36. The summed E-state index contributed by atoms with van der Waals surface area (Å²) in [4.78, 5) is 12.2. The van der Waals surface area contributed by atoms with Crippen molar-refractivity contribution in [3.8, 4) is 12.1 Å². The first kappa shape index (κ1) is 11.9. The van der Waals surface area contributed by atoms with Crippen LogP contribution in [0.25, 0.3) is 0 Å². The Bertz CT molecular complexity index is 539. The summed E-state index contributed by atoms with van der Waals surface area (Å²) in [5.41, 5.74) is -2.79. The van der Waals surface area contributed by atoms with Crippen LogP contribution in [-0.2, 0) is 4.79 Å². The minimum absolute atomic E-state index is 0.137. The molecule has 2 heterocycles. The van der Waals surface area contributed by atoms with Crippen LogP contribution in [0.1, 0.15) is 20.8 Å². The normalized spacial score (nSPS) is 37.9. The van der Waals surface area contributed by atoms with Crippen molar-refractivity contribution in [2.75, 3.05) is 0 Å². The Morgan fingerprint density at radius 3 is 2.29 bits per heavy atom. The third-order valence-corrected chi connectivity index (χ3v) is 4.72. The molecule has 0 saturated carbocycles. The predicted octanol–water partition coefficient (Wildman–Crippen LogP) is 1.10. The highest BCUT2D eigenvalue weighted by molar-refractivity contribution is 9.11. The van der Waals surface area contributed by atoms with E-state index in [1.165, 1.54) is 0 Å². The second-order valence-electron chi connectivity index (χ2n) is 4.99. The highest BCUT2D eigenvalue weighted by Gasteiger charge is 2.72. The lowest BCUT2D eigenvalue weighted by Gasteiger charge is -2.47. The van der Waals surface area contributed by atoms with Crippen LogP contribution in [0, 0.1) is 33.5 Å². The Labute approximate surface area is 108 Å². The molecule has 2 atom stereocenters. The van der Waals surface area contributed by atoms with Crippen LogP contribution >= 0.6 is 15.9 Å². The summed E-state index contributed by atoms with van der Waals surface area (Å²) < 4.78 is 0.404. The summed E-state index contributed by atoms with van der Waals surface area (Å²) in [6.45, 7) is 5.41. The van der Waals surface area contributed by atoms with E-state index in [-0.39, 0.29) is 5.57 Å². The van der Waals surface area contributed by atoms with E-state index in [0.29, 0.717) is 4.61 Å². The number of amides is 1. The number of nitriles is 2. The first-order valence-corrected chi connectivity index (χ1v) is 5.88. The molecule has 1 amide bonds. The van der Waals surface area contributed by atoms with Gasteiger partial charge in [0.2, 0.25) is 5.91 Å².